The average molecular weight is 290 g/mol. The third-order valence-corrected chi connectivity index (χ3v) is 4.04. The highest BCUT2D eigenvalue weighted by molar-refractivity contribution is 4.96. The third kappa shape index (κ3) is 2.36. The van der Waals surface area contributed by atoms with Gasteiger partial charge in [-0.05, 0) is 0 Å². The molecule has 20 heavy (non-hydrogen) atoms. The second-order valence-electron chi connectivity index (χ2n) is 5.15. The van der Waals surface area contributed by atoms with E-state index in [1.165, 1.54) is 0 Å². The standard InChI is InChI=1S/C12H18O8/c1-7(15-3-13-1)9-11(19-5-17-9)12-10(18-6-20-12)8-2-14-4-16-8/h7-12H,1-6H2/t7-,8-,9-,10-,11-,12+/m0/s1. The number of rotatable bonds is 3. The van der Waals surface area contributed by atoms with Crippen molar-refractivity contribution in [3.05, 3.63) is 0 Å². The summed E-state index contributed by atoms with van der Waals surface area (Å²) in [7, 11) is 0. The van der Waals surface area contributed by atoms with Gasteiger partial charge in [-0.15, -0.1) is 0 Å². The van der Waals surface area contributed by atoms with Crippen LogP contribution >= 0.6 is 0 Å². The lowest BCUT2D eigenvalue weighted by molar-refractivity contribution is -0.0691. The van der Waals surface area contributed by atoms with Crippen molar-refractivity contribution in [1.29, 1.82) is 0 Å². The first kappa shape index (κ1) is 13.4. The number of ether oxygens (including phenoxy) is 8. The summed E-state index contributed by atoms with van der Waals surface area (Å²) >= 11 is 0. The van der Waals surface area contributed by atoms with Gasteiger partial charge in [0.15, 0.2) is 0 Å². The van der Waals surface area contributed by atoms with Crippen LogP contribution in [0.5, 0.6) is 0 Å². The highest BCUT2D eigenvalue weighted by atomic mass is 16.8. The smallest absolute Gasteiger partial charge is 0.148 e. The third-order valence-electron chi connectivity index (χ3n) is 4.04. The van der Waals surface area contributed by atoms with Crippen LogP contribution in [0.25, 0.3) is 0 Å². The van der Waals surface area contributed by atoms with Crippen molar-refractivity contribution in [2.45, 2.75) is 36.6 Å². The van der Waals surface area contributed by atoms with Gasteiger partial charge in [0, 0.05) is 0 Å². The molecule has 4 aliphatic heterocycles. The van der Waals surface area contributed by atoms with Gasteiger partial charge in [-0.25, -0.2) is 0 Å². The van der Waals surface area contributed by atoms with Gasteiger partial charge in [-0.2, -0.15) is 0 Å². The van der Waals surface area contributed by atoms with Crippen molar-refractivity contribution < 1.29 is 37.9 Å². The van der Waals surface area contributed by atoms with E-state index in [1.807, 2.05) is 0 Å². The predicted octanol–water partition coefficient (Wildman–Crippen LogP) is -0.785. The van der Waals surface area contributed by atoms with E-state index in [1.54, 1.807) is 0 Å². The van der Waals surface area contributed by atoms with E-state index in [4.69, 9.17) is 37.9 Å². The van der Waals surface area contributed by atoms with Gasteiger partial charge in [-0.1, -0.05) is 0 Å². The molecule has 0 saturated carbocycles. The molecule has 0 unspecified atom stereocenters. The molecule has 6 atom stereocenters. The molecule has 0 aliphatic carbocycles. The number of hydrogen-bond donors (Lipinski definition) is 0. The molecule has 114 valence electrons. The van der Waals surface area contributed by atoms with Crippen LogP contribution in [0.1, 0.15) is 0 Å². The predicted molar refractivity (Wildman–Crippen MR) is 60.6 cm³/mol. The Hall–Kier alpha value is -0.320. The van der Waals surface area contributed by atoms with E-state index < -0.39 is 0 Å². The summed E-state index contributed by atoms with van der Waals surface area (Å²) in [6.45, 7) is 2.05. The summed E-state index contributed by atoms with van der Waals surface area (Å²) < 4.78 is 44.1. The first-order chi connectivity index (χ1) is 9.93. The van der Waals surface area contributed by atoms with Crippen molar-refractivity contribution in [3.63, 3.8) is 0 Å². The largest absolute Gasteiger partial charge is 0.353 e. The summed E-state index contributed by atoms with van der Waals surface area (Å²) in [4.78, 5) is 0. The van der Waals surface area contributed by atoms with Gasteiger partial charge in [0.2, 0.25) is 0 Å². The van der Waals surface area contributed by atoms with Gasteiger partial charge in [0.1, 0.15) is 63.8 Å². The van der Waals surface area contributed by atoms with Crippen LogP contribution in [0, 0.1) is 0 Å². The molecule has 0 bridgehead atoms. The first-order valence-corrected chi connectivity index (χ1v) is 6.78. The van der Waals surface area contributed by atoms with Crippen LogP contribution < -0.4 is 0 Å². The van der Waals surface area contributed by atoms with Crippen molar-refractivity contribution in [2.24, 2.45) is 0 Å². The maximum absolute atomic E-state index is 5.69. The van der Waals surface area contributed by atoms with Crippen molar-refractivity contribution in [3.8, 4) is 0 Å². The molecule has 0 radical (unpaired) electrons. The van der Waals surface area contributed by atoms with E-state index >= 15 is 0 Å². The molecule has 4 fully saturated rings. The summed E-state index contributed by atoms with van der Waals surface area (Å²) in [6, 6.07) is 0. The van der Waals surface area contributed by atoms with Gasteiger partial charge >= 0.3 is 0 Å². The fourth-order valence-corrected chi connectivity index (χ4v) is 3.05. The molecular formula is C12H18O8. The fraction of sp³-hybridized carbons (Fsp3) is 1.00. The molecule has 0 amide bonds. The molecule has 0 aromatic rings. The van der Waals surface area contributed by atoms with Gasteiger partial charge in [0.05, 0.1) is 13.2 Å². The Morgan fingerprint density at radius 2 is 0.900 bits per heavy atom. The Morgan fingerprint density at radius 3 is 1.30 bits per heavy atom. The van der Waals surface area contributed by atoms with Crippen LogP contribution in [0.2, 0.25) is 0 Å². The van der Waals surface area contributed by atoms with Gasteiger partial charge in [-0.3, -0.25) is 0 Å². The van der Waals surface area contributed by atoms with Crippen LogP contribution in [0.3, 0.4) is 0 Å². The van der Waals surface area contributed by atoms with Crippen molar-refractivity contribution in [2.75, 3.05) is 40.4 Å². The Bertz CT molecular complexity index is 295. The normalized spacial score (nSPS) is 49.2. The second-order valence-corrected chi connectivity index (χ2v) is 5.15. The van der Waals surface area contributed by atoms with Crippen LogP contribution in [0.4, 0.5) is 0 Å². The Morgan fingerprint density at radius 1 is 0.450 bits per heavy atom. The zero-order valence-corrected chi connectivity index (χ0v) is 11.0. The SMILES string of the molecule is C1O[C@H]([C@@H]2OCO[C@H]2[C@@H]2COCO2)[C@H]([C@@H]2COCO2)O1. The average Bonchev–Trinajstić information content (AvgIpc) is 3.23. The fourth-order valence-electron chi connectivity index (χ4n) is 3.05. The van der Waals surface area contributed by atoms with E-state index in [-0.39, 0.29) is 50.2 Å². The van der Waals surface area contributed by atoms with Crippen molar-refractivity contribution in [1.82, 2.24) is 0 Å². The molecule has 0 N–H and O–H groups in total. The van der Waals surface area contributed by atoms with Gasteiger partial charge < -0.3 is 37.9 Å². The van der Waals surface area contributed by atoms with E-state index in [9.17, 15) is 0 Å². The van der Waals surface area contributed by atoms with E-state index in [2.05, 4.69) is 0 Å². The summed E-state index contributed by atoms with van der Waals surface area (Å²) in [5, 5.41) is 0. The van der Waals surface area contributed by atoms with Gasteiger partial charge in [0.25, 0.3) is 0 Å². The minimum atomic E-state index is -0.251. The highest BCUT2D eigenvalue weighted by Crippen LogP contribution is 2.32. The molecule has 0 aromatic heterocycles. The molecule has 0 aromatic carbocycles. The lowest BCUT2D eigenvalue weighted by Gasteiger charge is -2.29. The molecule has 4 aliphatic rings. The first-order valence-electron chi connectivity index (χ1n) is 6.78. The van der Waals surface area contributed by atoms with Crippen molar-refractivity contribution >= 4 is 0 Å². The Labute approximate surface area is 116 Å². The summed E-state index contributed by atoms with van der Waals surface area (Å²) in [5.41, 5.74) is 0. The minimum Gasteiger partial charge on any atom is -0.353 e. The summed E-state index contributed by atoms with van der Waals surface area (Å²) in [5.74, 6) is 0. The minimum absolute atomic E-state index is 0.131. The molecule has 8 heteroatoms. The second kappa shape index (κ2) is 5.82. The topological polar surface area (TPSA) is 73.8 Å². The van der Waals surface area contributed by atoms with E-state index in [0.29, 0.717) is 26.8 Å². The highest BCUT2D eigenvalue weighted by Gasteiger charge is 2.51. The van der Waals surface area contributed by atoms with E-state index in [0.717, 1.165) is 0 Å². The molecule has 4 rings (SSSR count). The molecule has 0 spiro atoms. The maximum Gasteiger partial charge on any atom is 0.148 e. The summed E-state index contributed by atoms with van der Waals surface area (Å²) in [6.07, 6.45) is -1.19. The van der Waals surface area contributed by atoms with Crippen LogP contribution in [-0.2, 0) is 37.9 Å². The van der Waals surface area contributed by atoms with Crippen LogP contribution in [0.15, 0.2) is 0 Å². The molecule has 4 heterocycles. The number of hydrogen-bond acceptors (Lipinski definition) is 8. The molecule has 8 nitrogen and oxygen atoms in total. The quantitative estimate of drug-likeness (QED) is 0.670. The lowest BCUT2D eigenvalue weighted by Crippen LogP contribution is -2.50. The molecular weight excluding hydrogens is 272 g/mol. The maximum atomic E-state index is 5.69. The zero-order chi connectivity index (χ0) is 13.4. The Balaban J connectivity index is 1.46. The molecule has 4 saturated heterocycles. The van der Waals surface area contributed by atoms with Crippen LogP contribution in [-0.4, -0.2) is 77.0 Å². The lowest BCUT2D eigenvalue weighted by atomic mass is 9.97. The monoisotopic (exact) mass is 290 g/mol. The zero-order valence-electron chi connectivity index (χ0n) is 11.0. The Kier molecular flexibility index (Phi) is 3.88.